The average Bonchev–Trinajstić information content (AvgIpc) is 2.46. The number of rotatable bonds is 6. The number of carbonyl (C=O) groups excluding carboxylic acids is 1. The van der Waals surface area contributed by atoms with Gasteiger partial charge in [-0.1, -0.05) is 34.1 Å². The molecule has 0 saturated carbocycles. The molecule has 0 heterocycles. The fourth-order valence-corrected chi connectivity index (χ4v) is 2.99. The molecular formula is C19H23BrN2O. The van der Waals surface area contributed by atoms with Crippen molar-refractivity contribution in [3.8, 4) is 0 Å². The van der Waals surface area contributed by atoms with Crippen molar-refractivity contribution in [1.29, 1.82) is 0 Å². The van der Waals surface area contributed by atoms with Crippen molar-refractivity contribution >= 4 is 27.5 Å². The first-order chi connectivity index (χ1) is 10.9. The zero-order chi connectivity index (χ0) is 16.8. The van der Waals surface area contributed by atoms with Crippen LogP contribution in [-0.4, -0.2) is 12.5 Å². The highest BCUT2D eigenvalue weighted by Gasteiger charge is 2.09. The predicted molar refractivity (Wildman–Crippen MR) is 99.7 cm³/mol. The summed E-state index contributed by atoms with van der Waals surface area (Å²) in [6.07, 6.45) is 0.450. The lowest BCUT2D eigenvalue weighted by atomic mass is 10.1. The Morgan fingerprint density at radius 3 is 2.48 bits per heavy atom. The van der Waals surface area contributed by atoms with E-state index in [0.717, 1.165) is 15.7 Å². The Kier molecular flexibility index (Phi) is 6.22. The SMILES string of the molecule is Cc1cc(C)cc(NCCC(=O)NC(C)c2cccc(Br)c2)c1. The van der Waals surface area contributed by atoms with Gasteiger partial charge in [-0.3, -0.25) is 4.79 Å². The van der Waals surface area contributed by atoms with Crippen LogP contribution in [-0.2, 0) is 4.79 Å². The van der Waals surface area contributed by atoms with E-state index in [1.165, 1.54) is 11.1 Å². The molecule has 3 nitrogen and oxygen atoms in total. The van der Waals surface area contributed by atoms with Gasteiger partial charge >= 0.3 is 0 Å². The minimum Gasteiger partial charge on any atom is -0.385 e. The number of hydrogen-bond donors (Lipinski definition) is 2. The Bertz CT molecular complexity index is 665. The van der Waals surface area contributed by atoms with Gasteiger partial charge in [0.05, 0.1) is 6.04 Å². The zero-order valence-electron chi connectivity index (χ0n) is 13.8. The Hall–Kier alpha value is -1.81. The largest absolute Gasteiger partial charge is 0.385 e. The molecule has 0 aromatic heterocycles. The Morgan fingerprint density at radius 1 is 1.13 bits per heavy atom. The molecule has 0 aliphatic carbocycles. The highest BCUT2D eigenvalue weighted by molar-refractivity contribution is 9.10. The van der Waals surface area contributed by atoms with E-state index in [9.17, 15) is 4.79 Å². The average molecular weight is 375 g/mol. The number of hydrogen-bond acceptors (Lipinski definition) is 2. The molecule has 2 N–H and O–H groups in total. The number of carbonyl (C=O) groups is 1. The van der Waals surface area contributed by atoms with Gasteiger partial charge in [0.1, 0.15) is 0 Å². The molecule has 0 radical (unpaired) electrons. The second kappa shape index (κ2) is 8.16. The first-order valence-corrected chi connectivity index (χ1v) is 8.60. The summed E-state index contributed by atoms with van der Waals surface area (Å²) in [5.41, 5.74) is 4.60. The number of amides is 1. The van der Waals surface area contributed by atoms with Gasteiger partial charge in [-0.15, -0.1) is 0 Å². The molecule has 1 atom stereocenters. The third-order valence-electron chi connectivity index (χ3n) is 3.63. The Morgan fingerprint density at radius 2 is 1.83 bits per heavy atom. The lowest BCUT2D eigenvalue weighted by Crippen LogP contribution is -2.28. The number of benzene rings is 2. The summed E-state index contributed by atoms with van der Waals surface area (Å²) in [7, 11) is 0. The Labute approximate surface area is 146 Å². The molecule has 1 unspecified atom stereocenters. The predicted octanol–water partition coefficient (Wildman–Crippen LogP) is 4.75. The highest BCUT2D eigenvalue weighted by atomic mass is 79.9. The Balaban J connectivity index is 1.81. The van der Waals surface area contributed by atoms with Crippen LogP contribution in [0.3, 0.4) is 0 Å². The van der Waals surface area contributed by atoms with E-state index < -0.39 is 0 Å². The van der Waals surface area contributed by atoms with Crippen molar-refractivity contribution in [1.82, 2.24) is 5.32 Å². The van der Waals surface area contributed by atoms with Crippen molar-refractivity contribution in [2.75, 3.05) is 11.9 Å². The fraction of sp³-hybridized carbons (Fsp3) is 0.316. The van der Waals surface area contributed by atoms with Crippen LogP contribution < -0.4 is 10.6 Å². The molecular weight excluding hydrogens is 352 g/mol. The molecule has 23 heavy (non-hydrogen) atoms. The molecule has 0 spiro atoms. The minimum atomic E-state index is 0.00112. The van der Waals surface area contributed by atoms with E-state index in [4.69, 9.17) is 0 Å². The summed E-state index contributed by atoms with van der Waals surface area (Å²) < 4.78 is 1.02. The highest BCUT2D eigenvalue weighted by Crippen LogP contribution is 2.18. The first-order valence-electron chi connectivity index (χ1n) is 7.81. The van der Waals surface area contributed by atoms with Crippen LogP contribution in [0.1, 0.15) is 36.1 Å². The third kappa shape index (κ3) is 5.71. The molecule has 0 bridgehead atoms. The summed E-state index contributed by atoms with van der Waals surface area (Å²) >= 11 is 3.45. The number of nitrogens with one attached hydrogen (secondary N) is 2. The van der Waals surface area contributed by atoms with Crippen LogP contribution in [0.15, 0.2) is 46.9 Å². The fourth-order valence-electron chi connectivity index (χ4n) is 2.57. The quantitative estimate of drug-likeness (QED) is 0.765. The summed E-state index contributed by atoms with van der Waals surface area (Å²) in [4.78, 5) is 12.1. The van der Waals surface area contributed by atoms with Crippen molar-refractivity contribution in [3.05, 3.63) is 63.6 Å². The molecule has 2 aromatic rings. The van der Waals surface area contributed by atoms with Gasteiger partial charge in [-0.25, -0.2) is 0 Å². The molecule has 1 amide bonds. The number of aryl methyl sites for hydroxylation is 2. The van der Waals surface area contributed by atoms with Gasteiger partial charge in [-0.2, -0.15) is 0 Å². The summed E-state index contributed by atoms with van der Waals surface area (Å²) in [6.45, 7) is 6.77. The van der Waals surface area contributed by atoms with Crippen LogP contribution in [0.2, 0.25) is 0 Å². The molecule has 2 aromatic carbocycles. The maximum Gasteiger partial charge on any atom is 0.222 e. The van der Waals surface area contributed by atoms with Crippen molar-refractivity contribution in [2.24, 2.45) is 0 Å². The van der Waals surface area contributed by atoms with Gasteiger partial charge < -0.3 is 10.6 Å². The van der Waals surface area contributed by atoms with Crippen LogP contribution >= 0.6 is 15.9 Å². The van der Waals surface area contributed by atoms with E-state index in [1.54, 1.807) is 0 Å². The van der Waals surface area contributed by atoms with Gasteiger partial charge in [0.25, 0.3) is 0 Å². The maximum atomic E-state index is 12.1. The van der Waals surface area contributed by atoms with Crippen LogP contribution in [0.25, 0.3) is 0 Å². The van der Waals surface area contributed by atoms with E-state index >= 15 is 0 Å². The minimum absolute atomic E-state index is 0.00112. The van der Waals surface area contributed by atoms with E-state index in [2.05, 4.69) is 58.6 Å². The first kappa shape index (κ1) is 17.5. The summed E-state index contributed by atoms with van der Waals surface area (Å²) in [5.74, 6) is 0.0503. The second-order valence-corrected chi connectivity index (χ2v) is 6.81. The maximum absolute atomic E-state index is 12.1. The third-order valence-corrected chi connectivity index (χ3v) is 4.12. The molecule has 0 aliphatic heterocycles. The van der Waals surface area contributed by atoms with Gasteiger partial charge in [0.2, 0.25) is 5.91 Å². The molecule has 122 valence electrons. The lowest BCUT2D eigenvalue weighted by molar-refractivity contribution is -0.121. The van der Waals surface area contributed by atoms with E-state index in [0.29, 0.717) is 13.0 Å². The summed E-state index contributed by atoms with van der Waals surface area (Å²) in [5, 5.41) is 6.34. The van der Waals surface area contributed by atoms with E-state index in [1.807, 2.05) is 31.2 Å². The van der Waals surface area contributed by atoms with Crippen molar-refractivity contribution < 1.29 is 4.79 Å². The van der Waals surface area contributed by atoms with E-state index in [-0.39, 0.29) is 11.9 Å². The monoisotopic (exact) mass is 374 g/mol. The smallest absolute Gasteiger partial charge is 0.222 e. The second-order valence-electron chi connectivity index (χ2n) is 5.90. The number of halogens is 1. The van der Waals surface area contributed by atoms with Gasteiger partial charge in [0, 0.05) is 23.1 Å². The van der Waals surface area contributed by atoms with Gasteiger partial charge in [-0.05, 0) is 61.7 Å². The van der Waals surface area contributed by atoms with Crippen LogP contribution in [0, 0.1) is 13.8 Å². The van der Waals surface area contributed by atoms with Gasteiger partial charge in [0.15, 0.2) is 0 Å². The normalized spacial score (nSPS) is 11.8. The molecule has 0 saturated heterocycles. The lowest BCUT2D eigenvalue weighted by Gasteiger charge is -2.15. The molecule has 2 rings (SSSR count). The van der Waals surface area contributed by atoms with Crippen LogP contribution in [0.4, 0.5) is 5.69 Å². The van der Waals surface area contributed by atoms with Crippen LogP contribution in [0.5, 0.6) is 0 Å². The molecule has 4 heteroatoms. The standard InChI is InChI=1S/C19H23BrN2O/c1-13-9-14(2)11-18(10-13)21-8-7-19(23)22-15(3)16-5-4-6-17(20)12-16/h4-6,9-12,15,21H,7-8H2,1-3H3,(H,22,23). The molecule has 0 fully saturated rings. The zero-order valence-corrected chi connectivity index (χ0v) is 15.4. The topological polar surface area (TPSA) is 41.1 Å². The molecule has 0 aliphatic rings. The van der Waals surface area contributed by atoms with Crippen molar-refractivity contribution in [2.45, 2.75) is 33.2 Å². The summed E-state index contributed by atoms with van der Waals surface area (Å²) in [6, 6.07) is 14.3. The number of anilines is 1. The van der Waals surface area contributed by atoms with Crippen molar-refractivity contribution in [3.63, 3.8) is 0 Å².